The SMILES string of the molecule is CC(C)(C)NC[C@H](O)COc1nsnc1OCC1C(=O)C(C)(C)NC1(C)C. The molecule has 2 atom stereocenters. The van der Waals surface area contributed by atoms with Crippen molar-refractivity contribution in [1.82, 2.24) is 19.4 Å². The average Bonchev–Trinajstić information content (AvgIpc) is 3.01. The van der Waals surface area contributed by atoms with Gasteiger partial charge in [0, 0.05) is 17.6 Å². The lowest BCUT2D eigenvalue weighted by molar-refractivity contribution is -0.125. The lowest BCUT2D eigenvalue weighted by atomic mass is 9.86. The molecule has 8 nitrogen and oxygen atoms in total. The van der Waals surface area contributed by atoms with Gasteiger partial charge in [-0.25, -0.2) is 0 Å². The number of nitrogens with zero attached hydrogens (tertiary/aromatic N) is 2. The zero-order chi connectivity index (χ0) is 20.5. The minimum absolute atomic E-state index is 0.0767. The molecule has 0 bridgehead atoms. The summed E-state index contributed by atoms with van der Waals surface area (Å²) in [5.41, 5.74) is -1.04. The molecule has 9 heteroatoms. The van der Waals surface area contributed by atoms with Crippen LogP contribution in [0.15, 0.2) is 0 Å². The molecule has 0 amide bonds. The van der Waals surface area contributed by atoms with Gasteiger partial charge >= 0.3 is 0 Å². The Balaban J connectivity index is 1.89. The van der Waals surface area contributed by atoms with Crippen LogP contribution in [-0.4, -0.2) is 62.1 Å². The Morgan fingerprint density at radius 2 is 1.81 bits per heavy atom. The fourth-order valence-electron chi connectivity index (χ4n) is 3.17. The number of ketones is 1. The molecule has 0 aliphatic carbocycles. The second-order valence-electron chi connectivity index (χ2n) is 9.17. The van der Waals surface area contributed by atoms with Gasteiger partial charge in [-0.1, -0.05) is 0 Å². The van der Waals surface area contributed by atoms with Crippen LogP contribution in [0.4, 0.5) is 0 Å². The Morgan fingerprint density at radius 1 is 1.22 bits per heavy atom. The number of Topliss-reactive ketones (excluding diaryl/α,β-unsaturated/α-hetero) is 1. The van der Waals surface area contributed by atoms with Crippen molar-refractivity contribution in [2.45, 2.75) is 71.2 Å². The van der Waals surface area contributed by atoms with Gasteiger partial charge in [-0.15, -0.1) is 8.75 Å². The number of carbonyl (C=O) groups excluding carboxylic acids is 1. The van der Waals surface area contributed by atoms with E-state index in [0.717, 1.165) is 11.7 Å². The Morgan fingerprint density at radius 3 is 2.33 bits per heavy atom. The van der Waals surface area contributed by atoms with Crippen molar-refractivity contribution in [2.24, 2.45) is 5.92 Å². The van der Waals surface area contributed by atoms with Crippen LogP contribution in [0.25, 0.3) is 0 Å². The highest BCUT2D eigenvalue weighted by molar-refractivity contribution is 6.99. The summed E-state index contributed by atoms with van der Waals surface area (Å²) in [7, 11) is 0. The van der Waals surface area contributed by atoms with Crippen LogP contribution in [0.2, 0.25) is 0 Å². The molecule has 2 heterocycles. The molecule has 27 heavy (non-hydrogen) atoms. The second kappa shape index (κ2) is 7.98. The first kappa shape index (κ1) is 22.0. The van der Waals surface area contributed by atoms with Crippen LogP contribution in [0.1, 0.15) is 48.5 Å². The van der Waals surface area contributed by atoms with Crippen LogP contribution in [0.3, 0.4) is 0 Å². The maximum atomic E-state index is 12.6. The molecule has 0 aromatic carbocycles. The lowest BCUT2D eigenvalue weighted by Gasteiger charge is -2.26. The van der Waals surface area contributed by atoms with Crippen LogP contribution < -0.4 is 20.1 Å². The molecule has 1 aromatic rings. The predicted molar refractivity (Wildman–Crippen MR) is 104 cm³/mol. The number of carbonyl (C=O) groups is 1. The van der Waals surface area contributed by atoms with E-state index in [4.69, 9.17) is 9.47 Å². The van der Waals surface area contributed by atoms with Gasteiger partial charge in [-0.05, 0) is 48.5 Å². The second-order valence-corrected chi connectivity index (χ2v) is 9.70. The fourth-order valence-corrected chi connectivity index (χ4v) is 3.62. The number of aliphatic hydroxyl groups excluding tert-OH is 1. The van der Waals surface area contributed by atoms with Gasteiger partial charge < -0.3 is 19.9 Å². The van der Waals surface area contributed by atoms with E-state index in [-0.39, 0.29) is 47.8 Å². The van der Waals surface area contributed by atoms with Gasteiger partial charge in [0.1, 0.15) is 19.3 Å². The summed E-state index contributed by atoms with van der Waals surface area (Å²) in [5.74, 6) is 0.306. The summed E-state index contributed by atoms with van der Waals surface area (Å²) in [5, 5.41) is 16.6. The van der Waals surface area contributed by atoms with E-state index in [2.05, 4.69) is 19.4 Å². The molecule has 0 radical (unpaired) electrons. The van der Waals surface area contributed by atoms with E-state index in [1.165, 1.54) is 0 Å². The third-order valence-electron chi connectivity index (χ3n) is 4.54. The molecule has 154 valence electrons. The normalized spacial score (nSPS) is 22.7. The highest BCUT2D eigenvalue weighted by Crippen LogP contribution is 2.34. The van der Waals surface area contributed by atoms with Gasteiger partial charge in [-0.3, -0.25) is 10.1 Å². The first-order valence-corrected chi connectivity index (χ1v) is 9.90. The lowest BCUT2D eigenvalue weighted by Crippen LogP contribution is -2.46. The molecule has 1 aliphatic rings. The van der Waals surface area contributed by atoms with E-state index in [0.29, 0.717) is 6.54 Å². The number of nitrogens with one attached hydrogen (secondary N) is 2. The number of hydrogen-bond donors (Lipinski definition) is 3. The van der Waals surface area contributed by atoms with Crippen molar-refractivity contribution in [3.63, 3.8) is 0 Å². The van der Waals surface area contributed by atoms with E-state index in [1.54, 1.807) is 0 Å². The Labute approximate surface area is 165 Å². The van der Waals surface area contributed by atoms with Crippen LogP contribution in [-0.2, 0) is 4.79 Å². The van der Waals surface area contributed by atoms with Crippen LogP contribution >= 0.6 is 11.7 Å². The summed E-state index contributed by atoms with van der Waals surface area (Å²) in [6.45, 7) is 14.5. The highest BCUT2D eigenvalue weighted by atomic mass is 32.1. The van der Waals surface area contributed by atoms with Crippen molar-refractivity contribution in [2.75, 3.05) is 19.8 Å². The molecule has 1 aliphatic heterocycles. The average molecular weight is 401 g/mol. The summed E-state index contributed by atoms with van der Waals surface area (Å²) >= 11 is 0.971. The topological polar surface area (TPSA) is 106 Å². The first-order valence-electron chi connectivity index (χ1n) is 9.17. The smallest absolute Gasteiger partial charge is 0.291 e. The van der Waals surface area contributed by atoms with Gasteiger partial charge in [0.25, 0.3) is 11.8 Å². The summed E-state index contributed by atoms with van der Waals surface area (Å²) in [4.78, 5) is 12.6. The Kier molecular flexibility index (Phi) is 6.51. The zero-order valence-electron chi connectivity index (χ0n) is 17.3. The monoisotopic (exact) mass is 400 g/mol. The van der Waals surface area contributed by atoms with Gasteiger partial charge in [0.2, 0.25) is 0 Å². The number of rotatable bonds is 8. The van der Waals surface area contributed by atoms with Gasteiger partial charge in [0.05, 0.1) is 23.2 Å². The van der Waals surface area contributed by atoms with Crippen LogP contribution in [0.5, 0.6) is 11.8 Å². The van der Waals surface area contributed by atoms with E-state index >= 15 is 0 Å². The molecule has 1 aromatic heterocycles. The number of aliphatic hydroxyl groups is 1. The van der Waals surface area contributed by atoms with Crippen LogP contribution in [0, 0.1) is 5.92 Å². The largest absolute Gasteiger partial charge is 0.472 e. The Hall–Kier alpha value is -1.29. The molecule has 1 unspecified atom stereocenters. The molecule has 3 N–H and O–H groups in total. The fraction of sp³-hybridized carbons (Fsp3) is 0.833. The first-order chi connectivity index (χ1) is 12.3. The number of aromatic nitrogens is 2. The molecule has 1 saturated heterocycles. The maximum Gasteiger partial charge on any atom is 0.291 e. The maximum absolute atomic E-state index is 12.6. The van der Waals surface area contributed by atoms with Gasteiger partial charge in [-0.2, -0.15) is 0 Å². The third kappa shape index (κ3) is 5.84. The number of β-amino-alcohol motifs (C(OH)–C–C–N with tert-alkyl or cyclic N) is 1. The summed E-state index contributed by atoms with van der Waals surface area (Å²) in [6, 6.07) is 0. The molecule has 0 spiro atoms. The quantitative estimate of drug-likeness (QED) is 0.601. The van der Waals surface area contributed by atoms with Crippen molar-refractivity contribution < 1.29 is 19.4 Å². The Bertz CT molecular complexity index is 654. The van der Waals surface area contributed by atoms with Crippen molar-refractivity contribution >= 4 is 17.5 Å². The standard InChI is InChI=1S/C18H32N4O4S/c1-16(2,3)19-8-11(23)9-25-14-15(21-27-20-14)26-10-12-13(24)18(6,7)22-17(12,4)5/h11-12,19,22-23H,8-10H2,1-7H3/t11-,12?/m0/s1. The predicted octanol–water partition coefficient (Wildman–Crippen LogP) is 1.39. The molecule has 1 fully saturated rings. The minimum atomic E-state index is -0.681. The molecule has 0 saturated carbocycles. The minimum Gasteiger partial charge on any atom is -0.472 e. The summed E-state index contributed by atoms with van der Waals surface area (Å²) < 4.78 is 19.5. The third-order valence-corrected chi connectivity index (χ3v) is 5.03. The van der Waals surface area contributed by atoms with Crippen molar-refractivity contribution in [3.05, 3.63) is 0 Å². The highest BCUT2D eigenvalue weighted by Gasteiger charge is 2.51. The number of hydrogen-bond acceptors (Lipinski definition) is 9. The van der Waals surface area contributed by atoms with E-state index in [1.807, 2.05) is 48.5 Å². The molecular formula is C18H32N4O4S. The van der Waals surface area contributed by atoms with Crippen molar-refractivity contribution in [1.29, 1.82) is 0 Å². The van der Waals surface area contributed by atoms with Gasteiger partial charge in [0.15, 0.2) is 5.78 Å². The molecule has 2 rings (SSSR count). The molecular weight excluding hydrogens is 368 g/mol. The van der Waals surface area contributed by atoms with E-state index < -0.39 is 11.6 Å². The van der Waals surface area contributed by atoms with Crippen molar-refractivity contribution in [3.8, 4) is 11.8 Å². The van der Waals surface area contributed by atoms with E-state index in [9.17, 15) is 9.90 Å². The summed E-state index contributed by atoms with van der Waals surface area (Å²) in [6.07, 6.45) is -0.681. The zero-order valence-corrected chi connectivity index (χ0v) is 18.1. The number of ether oxygens (including phenoxy) is 2.